The molecule has 1 aliphatic heterocycles. The van der Waals surface area contributed by atoms with E-state index in [0.29, 0.717) is 39.6 Å². The lowest BCUT2D eigenvalue weighted by atomic mass is 10.2. The van der Waals surface area contributed by atoms with Crippen LogP contribution in [0.4, 0.5) is 0 Å². The number of aromatic nitrogens is 2. The number of carbonyl (C=O) groups is 2. The van der Waals surface area contributed by atoms with Gasteiger partial charge in [-0.15, -0.1) is 11.3 Å². The zero-order valence-corrected chi connectivity index (χ0v) is 16.1. The van der Waals surface area contributed by atoms with Gasteiger partial charge < -0.3 is 14.6 Å². The first-order chi connectivity index (χ1) is 12.4. The van der Waals surface area contributed by atoms with Gasteiger partial charge in [0.1, 0.15) is 15.5 Å². The van der Waals surface area contributed by atoms with Crippen LogP contribution >= 0.6 is 11.3 Å². The Hall–Kier alpha value is -2.22. The van der Waals surface area contributed by atoms with Crippen molar-refractivity contribution >= 4 is 33.4 Å². The molecule has 0 radical (unpaired) electrons. The Kier molecular flexibility index (Phi) is 5.41. The third kappa shape index (κ3) is 3.65. The molecule has 1 atom stereocenters. The molecule has 7 nitrogen and oxygen atoms in total. The lowest BCUT2D eigenvalue weighted by Crippen LogP contribution is -2.40. The van der Waals surface area contributed by atoms with E-state index in [-0.39, 0.29) is 11.5 Å². The van der Waals surface area contributed by atoms with E-state index >= 15 is 0 Å². The van der Waals surface area contributed by atoms with Gasteiger partial charge in [0.15, 0.2) is 6.10 Å². The maximum absolute atomic E-state index is 12.6. The van der Waals surface area contributed by atoms with Crippen molar-refractivity contribution in [1.82, 2.24) is 14.9 Å². The normalized spacial score (nSPS) is 16.3. The predicted molar refractivity (Wildman–Crippen MR) is 99.6 cm³/mol. The van der Waals surface area contributed by atoms with Crippen LogP contribution in [0.1, 0.15) is 53.7 Å². The van der Waals surface area contributed by atoms with E-state index in [9.17, 15) is 14.4 Å². The number of amides is 1. The van der Waals surface area contributed by atoms with Crippen molar-refractivity contribution < 1.29 is 14.3 Å². The first-order valence-electron chi connectivity index (χ1n) is 8.88. The number of aryl methyl sites for hydroxylation is 2. The molecule has 1 N–H and O–H groups in total. The Bertz CT molecular complexity index is 894. The SMILES string of the molecule is Cc1nc2sc(C(=O)O[C@H](C)C(=O)N3CCCCCC3)c(C)c2c(=O)[nH]1. The molecular weight excluding hydrogens is 354 g/mol. The summed E-state index contributed by atoms with van der Waals surface area (Å²) in [5.74, 6) is -0.252. The third-order valence-corrected chi connectivity index (χ3v) is 5.82. The minimum atomic E-state index is -0.849. The van der Waals surface area contributed by atoms with Gasteiger partial charge in [-0.05, 0) is 39.2 Å². The first kappa shape index (κ1) is 18.6. The van der Waals surface area contributed by atoms with Crippen LogP contribution in [0, 0.1) is 13.8 Å². The number of aromatic amines is 1. The summed E-state index contributed by atoms with van der Waals surface area (Å²) in [4.78, 5) is 46.8. The Morgan fingerprint density at radius 1 is 1.19 bits per heavy atom. The van der Waals surface area contributed by atoms with Crippen LogP contribution in [0.15, 0.2) is 4.79 Å². The summed E-state index contributed by atoms with van der Waals surface area (Å²) in [5, 5.41) is 0.402. The molecule has 1 aliphatic rings. The van der Waals surface area contributed by atoms with Crippen molar-refractivity contribution in [2.75, 3.05) is 13.1 Å². The van der Waals surface area contributed by atoms with Crippen LogP contribution in [0.2, 0.25) is 0 Å². The van der Waals surface area contributed by atoms with Crippen molar-refractivity contribution in [2.24, 2.45) is 0 Å². The average molecular weight is 377 g/mol. The summed E-state index contributed by atoms with van der Waals surface area (Å²) in [6, 6.07) is 0. The summed E-state index contributed by atoms with van der Waals surface area (Å²) in [6.45, 7) is 6.41. The van der Waals surface area contributed by atoms with Gasteiger partial charge in [0.2, 0.25) is 0 Å². The molecule has 3 rings (SSSR count). The van der Waals surface area contributed by atoms with E-state index in [4.69, 9.17) is 4.74 Å². The predicted octanol–water partition coefficient (Wildman–Crippen LogP) is 2.55. The lowest BCUT2D eigenvalue weighted by Gasteiger charge is -2.23. The van der Waals surface area contributed by atoms with E-state index in [1.54, 1.807) is 25.7 Å². The van der Waals surface area contributed by atoms with E-state index in [0.717, 1.165) is 37.0 Å². The number of esters is 1. The molecule has 0 spiro atoms. The molecule has 0 saturated carbocycles. The van der Waals surface area contributed by atoms with Crippen LogP contribution in [0.25, 0.3) is 10.2 Å². The van der Waals surface area contributed by atoms with Crippen LogP contribution in [0.5, 0.6) is 0 Å². The molecule has 2 aromatic heterocycles. The molecule has 1 amide bonds. The summed E-state index contributed by atoms with van der Waals surface area (Å²) >= 11 is 1.12. The number of nitrogens with one attached hydrogen (secondary N) is 1. The molecule has 3 heterocycles. The molecule has 1 fully saturated rings. The van der Waals surface area contributed by atoms with E-state index in [1.165, 1.54) is 0 Å². The number of nitrogens with zero attached hydrogens (tertiary/aromatic N) is 2. The van der Waals surface area contributed by atoms with Crippen LogP contribution in [-0.2, 0) is 9.53 Å². The Morgan fingerprint density at radius 3 is 2.50 bits per heavy atom. The number of hydrogen-bond donors (Lipinski definition) is 1. The fraction of sp³-hybridized carbons (Fsp3) is 0.556. The quantitative estimate of drug-likeness (QED) is 0.830. The highest BCUT2D eigenvalue weighted by molar-refractivity contribution is 7.20. The molecule has 0 aliphatic carbocycles. The maximum Gasteiger partial charge on any atom is 0.349 e. The smallest absolute Gasteiger partial charge is 0.349 e. The average Bonchev–Trinajstić information content (AvgIpc) is 2.76. The van der Waals surface area contributed by atoms with Gasteiger partial charge in [-0.1, -0.05) is 12.8 Å². The second-order valence-electron chi connectivity index (χ2n) is 6.67. The highest BCUT2D eigenvalue weighted by atomic mass is 32.1. The van der Waals surface area contributed by atoms with E-state index in [2.05, 4.69) is 9.97 Å². The van der Waals surface area contributed by atoms with Crippen molar-refractivity contribution in [1.29, 1.82) is 0 Å². The van der Waals surface area contributed by atoms with E-state index in [1.807, 2.05) is 0 Å². The number of thiophene rings is 1. The van der Waals surface area contributed by atoms with Gasteiger partial charge in [0, 0.05) is 13.1 Å². The Morgan fingerprint density at radius 2 is 1.85 bits per heavy atom. The molecule has 1 saturated heterocycles. The Balaban J connectivity index is 1.78. The van der Waals surface area contributed by atoms with Crippen molar-refractivity contribution in [3.8, 4) is 0 Å². The first-order valence-corrected chi connectivity index (χ1v) is 9.70. The van der Waals surface area contributed by atoms with Gasteiger partial charge in [-0.25, -0.2) is 9.78 Å². The monoisotopic (exact) mass is 377 g/mol. The summed E-state index contributed by atoms with van der Waals surface area (Å²) in [6.07, 6.45) is 3.36. The zero-order chi connectivity index (χ0) is 18.8. The highest BCUT2D eigenvalue weighted by Gasteiger charge is 2.27. The molecule has 26 heavy (non-hydrogen) atoms. The number of H-pyrrole nitrogens is 1. The second kappa shape index (κ2) is 7.57. The van der Waals surface area contributed by atoms with Crippen LogP contribution in [-0.4, -0.2) is 45.9 Å². The van der Waals surface area contributed by atoms with Crippen molar-refractivity contribution in [3.05, 3.63) is 26.6 Å². The van der Waals surface area contributed by atoms with Crippen molar-refractivity contribution in [2.45, 2.75) is 52.6 Å². The van der Waals surface area contributed by atoms with Crippen LogP contribution in [0.3, 0.4) is 0 Å². The zero-order valence-electron chi connectivity index (χ0n) is 15.3. The molecule has 0 bridgehead atoms. The fourth-order valence-corrected chi connectivity index (χ4v) is 4.37. The van der Waals surface area contributed by atoms with E-state index < -0.39 is 12.1 Å². The summed E-state index contributed by atoms with van der Waals surface area (Å²) in [7, 11) is 0. The van der Waals surface area contributed by atoms with Gasteiger partial charge >= 0.3 is 5.97 Å². The number of likely N-dealkylation sites (tertiary alicyclic amines) is 1. The Labute approximate surface area is 155 Å². The van der Waals surface area contributed by atoms with Gasteiger partial charge in [0.05, 0.1) is 5.39 Å². The largest absolute Gasteiger partial charge is 0.448 e. The highest BCUT2D eigenvalue weighted by Crippen LogP contribution is 2.28. The maximum atomic E-state index is 12.6. The number of hydrogen-bond acceptors (Lipinski definition) is 6. The third-order valence-electron chi connectivity index (χ3n) is 4.65. The number of rotatable bonds is 3. The fourth-order valence-electron chi connectivity index (χ4n) is 3.26. The van der Waals surface area contributed by atoms with Gasteiger partial charge in [0.25, 0.3) is 11.5 Å². The standard InChI is InChI=1S/C18H23N3O4S/c1-10-13-15(22)19-12(3)20-16(13)26-14(10)18(24)25-11(2)17(23)21-8-6-4-5-7-9-21/h11H,4-9H2,1-3H3,(H,19,20,22)/t11-/m1/s1. The number of ether oxygens (including phenoxy) is 1. The molecule has 0 unspecified atom stereocenters. The molecule has 0 aromatic carbocycles. The number of fused-ring (bicyclic) bond motifs is 1. The summed E-state index contributed by atoms with van der Waals surface area (Å²) < 4.78 is 5.41. The summed E-state index contributed by atoms with van der Waals surface area (Å²) in [5.41, 5.74) is 0.271. The minimum absolute atomic E-state index is 0.161. The second-order valence-corrected chi connectivity index (χ2v) is 7.67. The molecule has 140 valence electrons. The van der Waals surface area contributed by atoms with Gasteiger partial charge in [-0.2, -0.15) is 0 Å². The minimum Gasteiger partial charge on any atom is -0.448 e. The van der Waals surface area contributed by atoms with Crippen molar-refractivity contribution in [3.63, 3.8) is 0 Å². The molecule has 8 heteroatoms. The van der Waals surface area contributed by atoms with Gasteiger partial charge in [-0.3, -0.25) is 9.59 Å². The molecule has 2 aromatic rings. The van der Waals surface area contributed by atoms with Crippen LogP contribution < -0.4 is 5.56 Å². The molecular formula is C18H23N3O4S. The number of carbonyl (C=O) groups excluding carboxylic acids is 2. The lowest BCUT2D eigenvalue weighted by molar-refractivity contribution is -0.139. The topological polar surface area (TPSA) is 92.4 Å².